The minimum absolute atomic E-state index is 0.0878. The fourth-order valence-electron chi connectivity index (χ4n) is 5.59. The van der Waals surface area contributed by atoms with Gasteiger partial charge in [-0.1, -0.05) is 23.3 Å². The Balaban J connectivity index is 1.35. The predicted molar refractivity (Wildman–Crippen MR) is 89.0 cm³/mol. The molecule has 1 heterocycles. The quantitative estimate of drug-likeness (QED) is 0.930. The second kappa shape index (κ2) is 5.16. The van der Waals surface area contributed by atoms with Crippen LogP contribution in [0.1, 0.15) is 38.5 Å². The first kappa shape index (κ1) is 14.2. The van der Waals surface area contributed by atoms with E-state index in [1.54, 1.807) is 0 Å². The summed E-state index contributed by atoms with van der Waals surface area (Å²) in [6, 6.07) is 9.83. The molecule has 0 unspecified atom stereocenters. The number of anilines is 1. The third-order valence-electron chi connectivity index (χ3n) is 6.19. The van der Waals surface area contributed by atoms with E-state index in [-0.39, 0.29) is 17.3 Å². The van der Waals surface area contributed by atoms with Crippen molar-refractivity contribution >= 4 is 11.9 Å². The van der Waals surface area contributed by atoms with Crippen LogP contribution in [0.25, 0.3) is 11.5 Å². The molecular formula is C19H21N3O2. The Labute approximate surface area is 140 Å². The fraction of sp³-hybridized carbons (Fsp3) is 0.526. The van der Waals surface area contributed by atoms with E-state index >= 15 is 0 Å². The normalized spacial score (nSPS) is 33.6. The third-order valence-corrected chi connectivity index (χ3v) is 6.19. The smallest absolute Gasteiger partial charge is 0.322 e. The Morgan fingerprint density at radius 2 is 1.62 bits per heavy atom. The number of carbonyl (C=O) groups is 1. The monoisotopic (exact) mass is 323 g/mol. The van der Waals surface area contributed by atoms with Crippen molar-refractivity contribution in [2.75, 3.05) is 5.32 Å². The van der Waals surface area contributed by atoms with Gasteiger partial charge in [-0.05, 0) is 68.4 Å². The van der Waals surface area contributed by atoms with Crippen molar-refractivity contribution in [1.82, 2.24) is 10.2 Å². The summed E-state index contributed by atoms with van der Waals surface area (Å²) in [5, 5.41) is 11.0. The lowest BCUT2D eigenvalue weighted by Gasteiger charge is -2.55. The molecule has 4 aliphatic rings. The van der Waals surface area contributed by atoms with Gasteiger partial charge in [-0.25, -0.2) is 0 Å². The average Bonchev–Trinajstić information content (AvgIpc) is 3.03. The van der Waals surface area contributed by atoms with Gasteiger partial charge in [-0.15, -0.1) is 5.10 Å². The van der Waals surface area contributed by atoms with Gasteiger partial charge in [0.1, 0.15) is 0 Å². The number of nitrogens with one attached hydrogen (secondary N) is 1. The molecule has 6 rings (SSSR count). The van der Waals surface area contributed by atoms with E-state index in [9.17, 15) is 4.79 Å². The van der Waals surface area contributed by atoms with Crippen molar-refractivity contribution in [3.8, 4) is 11.5 Å². The maximum atomic E-state index is 13.0. The topological polar surface area (TPSA) is 68.0 Å². The van der Waals surface area contributed by atoms with E-state index in [0.717, 1.165) is 42.6 Å². The van der Waals surface area contributed by atoms with Crippen molar-refractivity contribution in [2.24, 2.45) is 23.2 Å². The molecule has 24 heavy (non-hydrogen) atoms. The van der Waals surface area contributed by atoms with Crippen LogP contribution in [-0.4, -0.2) is 16.1 Å². The van der Waals surface area contributed by atoms with Crippen molar-refractivity contribution in [3.63, 3.8) is 0 Å². The van der Waals surface area contributed by atoms with E-state index < -0.39 is 0 Å². The first-order chi connectivity index (χ1) is 11.7. The summed E-state index contributed by atoms with van der Waals surface area (Å²) in [5.74, 6) is 2.75. The Morgan fingerprint density at radius 1 is 1.00 bits per heavy atom. The van der Waals surface area contributed by atoms with Crippen LogP contribution in [0.5, 0.6) is 0 Å². The van der Waals surface area contributed by atoms with Crippen LogP contribution in [0, 0.1) is 23.2 Å². The summed E-state index contributed by atoms with van der Waals surface area (Å²) in [4.78, 5) is 13.0. The van der Waals surface area contributed by atoms with Crippen molar-refractivity contribution in [1.29, 1.82) is 0 Å². The molecule has 4 aliphatic carbocycles. The highest BCUT2D eigenvalue weighted by Crippen LogP contribution is 2.60. The molecule has 4 bridgehead atoms. The van der Waals surface area contributed by atoms with Crippen molar-refractivity contribution in [2.45, 2.75) is 38.5 Å². The van der Waals surface area contributed by atoms with E-state index in [4.69, 9.17) is 4.42 Å². The molecule has 1 N–H and O–H groups in total. The van der Waals surface area contributed by atoms with E-state index in [1.807, 2.05) is 30.3 Å². The maximum absolute atomic E-state index is 13.0. The summed E-state index contributed by atoms with van der Waals surface area (Å²) < 4.78 is 5.65. The highest BCUT2D eigenvalue weighted by molar-refractivity contribution is 5.94. The molecular weight excluding hydrogens is 302 g/mol. The summed E-state index contributed by atoms with van der Waals surface area (Å²) in [7, 11) is 0. The van der Waals surface area contributed by atoms with Crippen molar-refractivity contribution in [3.05, 3.63) is 30.3 Å². The fourth-order valence-corrected chi connectivity index (χ4v) is 5.59. The van der Waals surface area contributed by atoms with Crippen LogP contribution in [0.15, 0.2) is 34.7 Å². The van der Waals surface area contributed by atoms with Crippen LogP contribution in [0.2, 0.25) is 0 Å². The van der Waals surface area contributed by atoms with Crippen LogP contribution >= 0.6 is 0 Å². The van der Waals surface area contributed by atoms with Crippen LogP contribution < -0.4 is 5.32 Å². The van der Waals surface area contributed by atoms with E-state index in [2.05, 4.69) is 15.5 Å². The highest BCUT2D eigenvalue weighted by atomic mass is 16.4. The summed E-state index contributed by atoms with van der Waals surface area (Å²) in [6.07, 6.45) is 7.07. The lowest BCUT2D eigenvalue weighted by Crippen LogP contribution is -2.51. The molecule has 5 heteroatoms. The number of rotatable bonds is 3. The second-order valence-electron chi connectivity index (χ2n) is 7.93. The zero-order valence-corrected chi connectivity index (χ0v) is 13.6. The van der Waals surface area contributed by atoms with Crippen LogP contribution in [0.4, 0.5) is 6.01 Å². The first-order valence-corrected chi connectivity index (χ1v) is 8.91. The van der Waals surface area contributed by atoms with Crippen molar-refractivity contribution < 1.29 is 9.21 Å². The summed E-state index contributed by atoms with van der Waals surface area (Å²) in [5.41, 5.74) is 0.663. The molecule has 2 aromatic rings. The molecule has 5 nitrogen and oxygen atoms in total. The standard InChI is InChI=1S/C19H21N3O2/c23-17(19-9-12-6-13(10-19)8-14(7-12)11-19)20-18-22-21-16(24-18)15-4-2-1-3-5-15/h1-5,12-14H,6-11H2,(H,20,22,23). The number of carbonyl (C=O) groups excluding carboxylic acids is 1. The SMILES string of the molecule is O=C(Nc1nnc(-c2ccccc2)o1)C12CC3CC(CC(C3)C1)C2. The lowest BCUT2D eigenvalue weighted by molar-refractivity contribution is -0.140. The van der Waals surface area contributed by atoms with Gasteiger partial charge in [0.05, 0.1) is 5.41 Å². The van der Waals surface area contributed by atoms with E-state index in [0.29, 0.717) is 5.89 Å². The highest BCUT2D eigenvalue weighted by Gasteiger charge is 2.54. The maximum Gasteiger partial charge on any atom is 0.322 e. The molecule has 0 radical (unpaired) electrons. The molecule has 124 valence electrons. The number of hydrogen-bond acceptors (Lipinski definition) is 4. The van der Waals surface area contributed by atoms with Crippen LogP contribution in [0.3, 0.4) is 0 Å². The molecule has 0 saturated heterocycles. The minimum atomic E-state index is -0.198. The minimum Gasteiger partial charge on any atom is -0.403 e. The zero-order chi connectivity index (χ0) is 16.1. The van der Waals surface area contributed by atoms with Crippen LogP contribution in [-0.2, 0) is 4.79 Å². The number of benzene rings is 1. The van der Waals surface area contributed by atoms with Gasteiger partial charge in [0.25, 0.3) is 0 Å². The Kier molecular flexibility index (Phi) is 3.05. The lowest BCUT2D eigenvalue weighted by atomic mass is 9.49. The molecule has 0 spiro atoms. The molecule has 0 atom stereocenters. The molecule has 1 aromatic carbocycles. The van der Waals surface area contributed by atoms with Gasteiger partial charge in [-0.2, -0.15) is 0 Å². The van der Waals surface area contributed by atoms with Gasteiger partial charge < -0.3 is 4.42 Å². The van der Waals surface area contributed by atoms with E-state index in [1.165, 1.54) is 19.3 Å². The Morgan fingerprint density at radius 3 is 2.25 bits per heavy atom. The molecule has 1 amide bonds. The van der Waals surface area contributed by atoms with Gasteiger partial charge in [0, 0.05) is 5.56 Å². The predicted octanol–water partition coefficient (Wildman–Crippen LogP) is 3.89. The summed E-state index contributed by atoms with van der Waals surface area (Å²) >= 11 is 0. The van der Waals surface area contributed by atoms with Gasteiger partial charge in [0.2, 0.25) is 11.8 Å². The molecule has 1 aromatic heterocycles. The Hall–Kier alpha value is -2.17. The molecule has 0 aliphatic heterocycles. The average molecular weight is 323 g/mol. The summed E-state index contributed by atoms with van der Waals surface area (Å²) in [6.45, 7) is 0. The number of nitrogens with zero attached hydrogens (tertiary/aromatic N) is 2. The Bertz CT molecular complexity index is 733. The molecule has 4 fully saturated rings. The van der Waals surface area contributed by atoms with Gasteiger partial charge in [-0.3, -0.25) is 10.1 Å². The zero-order valence-electron chi connectivity index (χ0n) is 13.6. The van der Waals surface area contributed by atoms with Gasteiger partial charge in [0.15, 0.2) is 0 Å². The number of aromatic nitrogens is 2. The first-order valence-electron chi connectivity index (χ1n) is 8.91. The second-order valence-corrected chi connectivity index (χ2v) is 7.93. The number of amides is 1. The largest absolute Gasteiger partial charge is 0.403 e. The number of hydrogen-bond donors (Lipinski definition) is 1. The van der Waals surface area contributed by atoms with Gasteiger partial charge >= 0.3 is 6.01 Å². The third kappa shape index (κ3) is 2.26. The molecule has 4 saturated carbocycles.